The second kappa shape index (κ2) is 10.1. The molecule has 0 radical (unpaired) electrons. The van der Waals surface area contributed by atoms with Gasteiger partial charge in [0.1, 0.15) is 11.6 Å². The first-order valence-corrected chi connectivity index (χ1v) is 8.68. The first kappa shape index (κ1) is 20.1. The molecule has 1 N–H and O–H groups in total. The number of rotatable bonds is 9. The van der Waals surface area contributed by atoms with Crippen molar-refractivity contribution < 1.29 is 23.8 Å². The van der Waals surface area contributed by atoms with Gasteiger partial charge in [-0.3, -0.25) is 0 Å². The molecule has 1 heterocycles. The lowest BCUT2D eigenvalue weighted by molar-refractivity contribution is -0.146. The van der Waals surface area contributed by atoms with Gasteiger partial charge in [0.2, 0.25) is 0 Å². The molecule has 0 aliphatic heterocycles. The summed E-state index contributed by atoms with van der Waals surface area (Å²) in [6.45, 7) is 4.30. The lowest BCUT2D eigenvalue weighted by Gasteiger charge is -2.11. The zero-order valence-corrected chi connectivity index (χ0v) is 15.7. The van der Waals surface area contributed by atoms with Crippen LogP contribution < -0.4 is 10.1 Å². The average molecular weight is 372 g/mol. The molecule has 7 nitrogen and oxygen atoms in total. The van der Waals surface area contributed by atoms with Crippen molar-refractivity contribution in [1.82, 2.24) is 4.57 Å². The summed E-state index contributed by atoms with van der Waals surface area (Å²) in [5.74, 6) is 0.0615. The van der Waals surface area contributed by atoms with E-state index in [4.69, 9.17) is 14.2 Å². The molecule has 0 amide bonds. The third kappa shape index (κ3) is 5.64. The summed E-state index contributed by atoms with van der Waals surface area (Å²) >= 11 is 0. The molecule has 0 atom stereocenters. The van der Waals surface area contributed by atoms with Gasteiger partial charge < -0.3 is 24.1 Å². The number of hydrogen-bond donors (Lipinski definition) is 1. The van der Waals surface area contributed by atoms with Crippen molar-refractivity contribution in [1.29, 1.82) is 0 Å². The maximum absolute atomic E-state index is 12.0. The normalized spacial score (nSPS) is 10.0. The molecule has 0 aliphatic carbocycles. The van der Waals surface area contributed by atoms with Crippen molar-refractivity contribution in [2.24, 2.45) is 0 Å². The minimum absolute atomic E-state index is 0.170. The number of nitrogens with zero attached hydrogens (tertiary/aromatic N) is 1. The summed E-state index contributed by atoms with van der Waals surface area (Å²) < 4.78 is 17.0. The van der Waals surface area contributed by atoms with Crippen molar-refractivity contribution in [2.75, 3.05) is 25.6 Å². The highest BCUT2D eigenvalue weighted by atomic mass is 16.6. The molecule has 1 aromatic heterocycles. The van der Waals surface area contributed by atoms with Gasteiger partial charge in [-0.2, -0.15) is 0 Å². The predicted octanol–water partition coefficient (Wildman–Crippen LogP) is 2.97. The Morgan fingerprint density at radius 2 is 1.67 bits per heavy atom. The molecule has 0 bridgehead atoms. The number of hydrogen-bond acceptors (Lipinski definition) is 6. The molecule has 0 unspecified atom stereocenters. The number of methoxy groups -OCH3 is 1. The Balaban J connectivity index is 2.15. The Hall–Kier alpha value is -3.22. The van der Waals surface area contributed by atoms with Crippen molar-refractivity contribution in [3.63, 3.8) is 0 Å². The highest BCUT2D eigenvalue weighted by Gasteiger charge is 2.21. The molecular weight excluding hydrogens is 348 g/mol. The van der Waals surface area contributed by atoms with E-state index in [1.807, 2.05) is 47.2 Å². The number of carbonyl (C=O) groups excluding carboxylic acids is 2. The van der Waals surface area contributed by atoms with Crippen molar-refractivity contribution in [3.8, 4) is 5.75 Å². The van der Waals surface area contributed by atoms with Crippen LogP contribution in [0.1, 0.15) is 19.4 Å². The van der Waals surface area contributed by atoms with Gasteiger partial charge in [0.25, 0.3) is 0 Å². The fourth-order valence-corrected chi connectivity index (χ4v) is 2.38. The summed E-state index contributed by atoms with van der Waals surface area (Å²) in [5.41, 5.74) is 0.894. The molecule has 0 saturated carbocycles. The Bertz CT molecular complexity index is 773. The standard InChI is InChI=1S/C20H24N2O5/c1-4-26-19(23)17(20(24)27-5-2)13-21-18-7-6-12-22(18)14-15-8-10-16(25-3)11-9-15/h6-13,21H,4-5,14H2,1-3H3. The van der Waals surface area contributed by atoms with Crippen LogP contribution in [0.15, 0.2) is 54.4 Å². The third-order valence-electron chi connectivity index (χ3n) is 3.70. The van der Waals surface area contributed by atoms with Gasteiger partial charge in [-0.25, -0.2) is 9.59 Å². The van der Waals surface area contributed by atoms with E-state index in [-0.39, 0.29) is 18.8 Å². The Morgan fingerprint density at radius 1 is 1.04 bits per heavy atom. The summed E-state index contributed by atoms with van der Waals surface area (Å²) in [6.07, 6.45) is 3.21. The van der Waals surface area contributed by atoms with Crippen LogP contribution in [-0.2, 0) is 25.6 Å². The highest BCUT2D eigenvalue weighted by Crippen LogP contribution is 2.16. The van der Waals surface area contributed by atoms with Crippen molar-refractivity contribution in [2.45, 2.75) is 20.4 Å². The number of carbonyl (C=O) groups is 2. The first-order valence-electron chi connectivity index (χ1n) is 8.68. The predicted molar refractivity (Wildman–Crippen MR) is 101 cm³/mol. The zero-order chi connectivity index (χ0) is 19.6. The van der Waals surface area contributed by atoms with Crippen LogP contribution >= 0.6 is 0 Å². The molecule has 2 aromatic rings. The van der Waals surface area contributed by atoms with Gasteiger partial charge in [0.05, 0.1) is 20.3 Å². The van der Waals surface area contributed by atoms with Gasteiger partial charge in [0, 0.05) is 18.9 Å². The van der Waals surface area contributed by atoms with E-state index in [1.54, 1.807) is 21.0 Å². The minimum Gasteiger partial charge on any atom is -0.497 e. The van der Waals surface area contributed by atoms with Crippen LogP contribution in [0.25, 0.3) is 0 Å². The van der Waals surface area contributed by atoms with E-state index in [1.165, 1.54) is 6.20 Å². The van der Waals surface area contributed by atoms with Gasteiger partial charge in [-0.1, -0.05) is 12.1 Å². The number of ether oxygens (including phenoxy) is 3. The van der Waals surface area contributed by atoms with Gasteiger partial charge in [-0.15, -0.1) is 0 Å². The van der Waals surface area contributed by atoms with Crippen LogP contribution in [0.2, 0.25) is 0 Å². The Morgan fingerprint density at radius 3 is 2.22 bits per heavy atom. The van der Waals surface area contributed by atoms with E-state index in [0.29, 0.717) is 6.54 Å². The Labute approximate surface area is 158 Å². The topological polar surface area (TPSA) is 78.8 Å². The maximum atomic E-state index is 12.0. The monoisotopic (exact) mass is 372 g/mol. The fourth-order valence-electron chi connectivity index (χ4n) is 2.38. The molecule has 1 aromatic carbocycles. The number of anilines is 1. The lowest BCUT2D eigenvalue weighted by atomic mass is 10.2. The molecule has 7 heteroatoms. The minimum atomic E-state index is -0.725. The third-order valence-corrected chi connectivity index (χ3v) is 3.70. The summed E-state index contributed by atoms with van der Waals surface area (Å²) in [6, 6.07) is 11.4. The average Bonchev–Trinajstić information content (AvgIpc) is 3.10. The number of benzene rings is 1. The number of esters is 2. The van der Waals surface area contributed by atoms with E-state index in [0.717, 1.165) is 17.1 Å². The van der Waals surface area contributed by atoms with Crippen LogP contribution in [-0.4, -0.2) is 36.8 Å². The molecule has 27 heavy (non-hydrogen) atoms. The molecule has 144 valence electrons. The van der Waals surface area contributed by atoms with Crippen LogP contribution in [0, 0.1) is 0 Å². The quantitative estimate of drug-likeness (QED) is 0.316. The van der Waals surface area contributed by atoms with E-state index < -0.39 is 11.9 Å². The molecule has 0 aliphatic rings. The van der Waals surface area contributed by atoms with E-state index >= 15 is 0 Å². The number of nitrogens with one attached hydrogen (secondary N) is 1. The molecule has 0 spiro atoms. The SMILES string of the molecule is CCOC(=O)C(=CNc1cccn1Cc1ccc(OC)cc1)C(=O)OCC. The fraction of sp³-hybridized carbons (Fsp3) is 0.300. The van der Waals surface area contributed by atoms with E-state index in [2.05, 4.69) is 5.32 Å². The molecular formula is C20H24N2O5. The number of aromatic nitrogens is 1. The molecule has 0 fully saturated rings. The Kier molecular flexibility index (Phi) is 7.49. The van der Waals surface area contributed by atoms with Crippen LogP contribution in [0.5, 0.6) is 5.75 Å². The summed E-state index contributed by atoms with van der Waals surface area (Å²) in [7, 11) is 1.62. The molecule has 0 saturated heterocycles. The molecule has 2 rings (SSSR count). The highest BCUT2D eigenvalue weighted by molar-refractivity contribution is 6.14. The van der Waals surface area contributed by atoms with Crippen LogP contribution in [0.4, 0.5) is 5.82 Å². The van der Waals surface area contributed by atoms with Crippen molar-refractivity contribution in [3.05, 3.63) is 59.9 Å². The second-order valence-electron chi connectivity index (χ2n) is 5.51. The first-order chi connectivity index (χ1) is 13.1. The van der Waals surface area contributed by atoms with Crippen molar-refractivity contribution >= 4 is 17.8 Å². The largest absolute Gasteiger partial charge is 0.497 e. The smallest absolute Gasteiger partial charge is 0.347 e. The maximum Gasteiger partial charge on any atom is 0.347 e. The van der Waals surface area contributed by atoms with E-state index in [9.17, 15) is 9.59 Å². The zero-order valence-electron chi connectivity index (χ0n) is 15.7. The summed E-state index contributed by atoms with van der Waals surface area (Å²) in [5, 5.41) is 2.99. The lowest BCUT2D eigenvalue weighted by Crippen LogP contribution is -2.19. The second-order valence-corrected chi connectivity index (χ2v) is 5.51. The summed E-state index contributed by atoms with van der Waals surface area (Å²) in [4.78, 5) is 24.0. The van der Waals surface area contributed by atoms with Gasteiger partial charge in [0.15, 0.2) is 5.57 Å². The van der Waals surface area contributed by atoms with Crippen LogP contribution in [0.3, 0.4) is 0 Å². The van der Waals surface area contributed by atoms with Gasteiger partial charge >= 0.3 is 11.9 Å². The van der Waals surface area contributed by atoms with Gasteiger partial charge in [-0.05, 0) is 43.7 Å².